The molecule has 1 fully saturated rings. The number of hydrogen-bond acceptors (Lipinski definition) is 3. The van der Waals surface area contributed by atoms with Crippen molar-refractivity contribution in [1.29, 1.82) is 0 Å². The summed E-state index contributed by atoms with van der Waals surface area (Å²) in [6.07, 6.45) is 1.94. The topological polar surface area (TPSA) is 78.4 Å². The summed E-state index contributed by atoms with van der Waals surface area (Å²) in [5.74, 6) is 1.69. The molecule has 1 rings (SSSR count). The van der Waals surface area contributed by atoms with E-state index < -0.39 is 5.97 Å². The van der Waals surface area contributed by atoms with E-state index in [-0.39, 0.29) is 24.4 Å². The summed E-state index contributed by atoms with van der Waals surface area (Å²) in [7, 11) is 0. The molecule has 2 atom stereocenters. The molecule has 3 N–H and O–H groups in total. The van der Waals surface area contributed by atoms with Crippen molar-refractivity contribution in [2.75, 3.05) is 18.1 Å². The largest absolute Gasteiger partial charge is 0.481 e. The highest BCUT2D eigenvalue weighted by Gasteiger charge is 2.19. The van der Waals surface area contributed by atoms with Crippen molar-refractivity contribution < 1.29 is 14.7 Å². The fraction of sp³-hybridized carbons (Fsp3) is 0.846. The Labute approximate surface area is 118 Å². The van der Waals surface area contributed by atoms with Gasteiger partial charge >= 0.3 is 12.0 Å². The first-order valence-electron chi connectivity index (χ1n) is 6.81. The third kappa shape index (κ3) is 7.30. The Hall–Kier alpha value is -0.910. The molecule has 2 amide bonds. The van der Waals surface area contributed by atoms with Gasteiger partial charge in [0.05, 0.1) is 0 Å². The van der Waals surface area contributed by atoms with Crippen LogP contribution >= 0.6 is 11.8 Å². The van der Waals surface area contributed by atoms with Crippen molar-refractivity contribution in [3.05, 3.63) is 0 Å². The van der Waals surface area contributed by atoms with Crippen LogP contribution in [0.2, 0.25) is 0 Å². The summed E-state index contributed by atoms with van der Waals surface area (Å²) in [6.45, 7) is 4.55. The Morgan fingerprint density at radius 2 is 2.16 bits per heavy atom. The van der Waals surface area contributed by atoms with Gasteiger partial charge in [-0.1, -0.05) is 13.8 Å². The molecular weight excluding hydrogens is 264 g/mol. The number of urea groups is 1. The molecule has 1 aliphatic rings. The van der Waals surface area contributed by atoms with E-state index in [0.717, 1.165) is 24.3 Å². The van der Waals surface area contributed by atoms with E-state index in [4.69, 9.17) is 5.11 Å². The van der Waals surface area contributed by atoms with Gasteiger partial charge in [-0.25, -0.2) is 4.79 Å². The molecule has 19 heavy (non-hydrogen) atoms. The Kier molecular flexibility index (Phi) is 7.05. The highest BCUT2D eigenvalue weighted by Crippen LogP contribution is 2.17. The van der Waals surface area contributed by atoms with Gasteiger partial charge < -0.3 is 15.7 Å². The minimum Gasteiger partial charge on any atom is -0.481 e. The standard InChI is InChI=1S/C13H24N2O3S/c1-9(2)5-10(6-12(16)17)7-14-13(18)15-11-3-4-19-8-11/h9-11H,3-8H2,1-2H3,(H,16,17)(H2,14,15,18). The van der Waals surface area contributed by atoms with E-state index in [1.807, 2.05) is 11.8 Å². The van der Waals surface area contributed by atoms with Gasteiger partial charge in [-0.15, -0.1) is 0 Å². The predicted octanol–water partition coefficient (Wildman–Crippen LogP) is 1.93. The lowest BCUT2D eigenvalue weighted by Gasteiger charge is -2.19. The quantitative estimate of drug-likeness (QED) is 0.669. The molecule has 6 heteroatoms. The zero-order valence-corrected chi connectivity index (χ0v) is 12.5. The molecular formula is C13H24N2O3S. The van der Waals surface area contributed by atoms with Crippen LogP contribution in [0.1, 0.15) is 33.1 Å². The van der Waals surface area contributed by atoms with E-state index >= 15 is 0 Å². The lowest BCUT2D eigenvalue weighted by atomic mass is 9.94. The first-order chi connectivity index (χ1) is 8.97. The van der Waals surface area contributed by atoms with Gasteiger partial charge in [0.15, 0.2) is 0 Å². The number of carbonyl (C=O) groups is 2. The Balaban J connectivity index is 2.28. The maximum absolute atomic E-state index is 11.7. The summed E-state index contributed by atoms with van der Waals surface area (Å²) in [4.78, 5) is 22.5. The number of carboxylic acids is 1. The molecule has 0 radical (unpaired) electrons. The van der Waals surface area contributed by atoms with Crippen molar-refractivity contribution in [3.8, 4) is 0 Å². The average molecular weight is 288 g/mol. The van der Waals surface area contributed by atoms with Gasteiger partial charge in [-0.3, -0.25) is 4.79 Å². The van der Waals surface area contributed by atoms with Crippen molar-refractivity contribution in [2.24, 2.45) is 11.8 Å². The summed E-state index contributed by atoms with van der Waals surface area (Å²) in [6, 6.07) is 0.0830. The minimum atomic E-state index is -0.806. The first kappa shape index (κ1) is 16.1. The molecule has 0 aromatic carbocycles. The monoisotopic (exact) mass is 288 g/mol. The van der Waals surface area contributed by atoms with Crippen LogP contribution in [0.3, 0.4) is 0 Å². The fourth-order valence-corrected chi connectivity index (χ4v) is 3.43. The minimum absolute atomic E-state index is 0.00111. The van der Waals surface area contributed by atoms with Crippen LogP contribution in [0.25, 0.3) is 0 Å². The van der Waals surface area contributed by atoms with Crippen molar-refractivity contribution >= 4 is 23.8 Å². The summed E-state index contributed by atoms with van der Waals surface area (Å²) >= 11 is 1.85. The zero-order valence-electron chi connectivity index (χ0n) is 11.6. The van der Waals surface area contributed by atoms with Gasteiger partial charge in [0.1, 0.15) is 0 Å². The average Bonchev–Trinajstić information content (AvgIpc) is 2.77. The van der Waals surface area contributed by atoms with Crippen LogP contribution in [-0.2, 0) is 4.79 Å². The number of rotatable bonds is 7. The van der Waals surface area contributed by atoms with E-state index in [1.54, 1.807) is 0 Å². The summed E-state index contributed by atoms with van der Waals surface area (Å²) < 4.78 is 0. The number of carbonyl (C=O) groups excluding carboxylic acids is 1. The second kappa shape index (κ2) is 8.30. The highest BCUT2D eigenvalue weighted by molar-refractivity contribution is 7.99. The van der Waals surface area contributed by atoms with Crippen molar-refractivity contribution in [3.63, 3.8) is 0 Å². The molecule has 0 saturated carbocycles. The molecule has 0 spiro atoms. The van der Waals surface area contributed by atoms with Crippen LogP contribution in [-0.4, -0.2) is 41.2 Å². The van der Waals surface area contributed by atoms with E-state index in [2.05, 4.69) is 24.5 Å². The smallest absolute Gasteiger partial charge is 0.315 e. The SMILES string of the molecule is CC(C)CC(CNC(=O)NC1CCSC1)CC(=O)O. The van der Waals surface area contributed by atoms with Crippen LogP contribution in [0.15, 0.2) is 0 Å². The van der Waals surface area contributed by atoms with Crippen molar-refractivity contribution in [1.82, 2.24) is 10.6 Å². The predicted molar refractivity (Wildman–Crippen MR) is 77.5 cm³/mol. The maximum atomic E-state index is 11.7. The molecule has 0 aromatic rings. The van der Waals surface area contributed by atoms with E-state index in [9.17, 15) is 9.59 Å². The number of aliphatic carboxylic acids is 1. The van der Waals surface area contributed by atoms with Crippen LogP contribution in [0, 0.1) is 11.8 Å². The lowest BCUT2D eigenvalue weighted by Crippen LogP contribution is -2.44. The zero-order chi connectivity index (χ0) is 14.3. The molecule has 0 aromatic heterocycles. The van der Waals surface area contributed by atoms with Crippen LogP contribution in [0.5, 0.6) is 0 Å². The second-order valence-corrected chi connectivity index (χ2v) is 6.66. The van der Waals surface area contributed by atoms with Gasteiger partial charge in [-0.05, 0) is 30.4 Å². The van der Waals surface area contributed by atoms with Gasteiger partial charge in [0, 0.05) is 24.8 Å². The third-order valence-electron chi connectivity index (χ3n) is 3.08. The summed E-state index contributed by atoms with van der Waals surface area (Å²) in [5, 5.41) is 14.6. The number of nitrogens with one attached hydrogen (secondary N) is 2. The Morgan fingerprint density at radius 1 is 1.42 bits per heavy atom. The molecule has 1 aliphatic heterocycles. The maximum Gasteiger partial charge on any atom is 0.315 e. The number of thioether (sulfide) groups is 1. The molecule has 110 valence electrons. The van der Waals surface area contributed by atoms with Gasteiger partial charge in [-0.2, -0.15) is 11.8 Å². The first-order valence-corrected chi connectivity index (χ1v) is 7.96. The Bertz CT molecular complexity index is 304. The van der Waals surface area contributed by atoms with Crippen LogP contribution < -0.4 is 10.6 Å². The highest BCUT2D eigenvalue weighted by atomic mass is 32.2. The molecule has 2 unspecified atom stereocenters. The van der Waals surface area contributed by atoms with E-state index in [0.29, 0.717) is 12.5 Å². The lowest BCUT2D eigenvalue weighted by molar-refractivity contribution is -0.138. The fourth-order valence-electron chi connectivity index (χ4n) is 2.27. The summed E-state index contributed by atoms with van der Waals surface area (Å²) in [5.41, 5.74) is 0. The Morgan fingerprint density at radius 3 is 2.68 bits per heavy atom. The van der Waals surface area contributed by atoms with Crippen molar-refractivity contribution in [2.45, 2.75) is 39.2 Å². The molecule has 5 nitrogen and oxygen atoms in total. The normalized spacial score (nSPS) is 20.3. The van der Waals surface area contributed by atoms with Gasteiger partial charge in [0.25, 0.3) is 0 Å². The molecule has 1 saturated heterocycles. The van der Waals surface area contributed by atoms with Crippen LogP contribution in [0.4, 0.5) is 4.79 Å². The number of carboxylic acid groups (broad SMARTS) is 1. The number of amides is 2. The molecule has 1 heterocycles. The third-order valence-corrected chi connectivity index (χ3v) is 4.25. The molecule has 0 aliphatic carbocycles. The number of hydrogen-bond donors (Lipinski definition) is 3. The van der Waals surface area contributed by atoms with E-state index in [1.165, 1.54) is 0 Å². The van der Waals surface area contributed by atoms with Gasteiger partial charge in [0.2, 0.25) is 0 Å². The second-order valence-electron chi connectivity index (χ2n) is 5.51. The molecule has 0 bridgehead atoms.